The minimum atomic E-state index is 0.123. The molecule has 2 aliphatic carbocycles. The van der Waals surface area contributed by atoms with Crippen molar-refractivity contribution in [2.45, 2.75) is 24.4 Å². The van der Waals surface area contributed by atoms with E-state index in [0.29, 0.717) is 11.8 Å². The van der Waals surface area contributed by atoms with Crippen molar-refractivity contribution in [1.82, 2.24) is 0 Å². The predicted octanol–water partition coefficient (Wildman–Crippen LogP) is 4.47. The highest BCUT2D eigenvalue weighted by Crippen LogP contribution is 2.40. The van der Waals surface area contributed by atoms with Gasteiger partial charge in [0.25, 0.3) is 0 Å². The van der Waals surface area contributed by atoms with Crippen molar-refractivity contribution < 1.29 is 4.43 Å². The van der Waals surface area contributed by atoms with Gasteiger partial charge in [0.2, 0.25) is 10.5 Å². The molecule has 2 aromatic carbocycles. The Morgan fingerprint density at radius 1 is 0.864 bits per heavy atom. The maximum Gasteiger partial charge on any atom is 0.246 e. The van der Waals surface area contributed by atoms with Gasteiger partial charge in [0.1, 0.15) is 0 Å². The highest BCUT2D eigenvalue weighted by molar-refractivity contribution is 5.98. The zero-order valence-corrected chi connectivity index (χ0v) is 13.3. The predicted molar refractivity (Wildman–Crippen MR) is 91.7 cm³/mol. The molecule has 3 radical (unpaired) electrons. The van der Waals surface area contributed by atoms with Gasteiger partial charge in [-0.2, -0.15) is 0 Å². The maximum atomic E-state index is 5.69. The molecule has 0 saturated heterocycles. The minimum absolute atomic E-state index is 0.123. The number of fused-ring (bicyclic) bond motifs is 2. The van der Waals surface area contributed by atoms with Crippen LogP contribution in [0.2, 0.25) is 0 Å². The molecule has 2 aromatic rings. The number of benzene rings is 2. The summed E-state index contributed by atoms with van der Waals surface area (Å²) in [5.74, 6) is 0.744. The zero-order chi connectivity index (χ0) is 14.9. The zero-order valence-electron chi connectivity index (χ0n) is 12.3. The first-order chi connectivity index (χ1) is 10.9. The third-order valence-corrected chi connectivity index (χ3v) is 5.08. The standard InChI is InChI=1S/C20H17OSi/c22-21-20(19-12-11-15-6-2-4-8-18(15)19)13-16-10-9-14-5-1-3-7-17(14)16/h1-12,16,19-20H,13H2. The van der Waals surface area contributed by atoms with Crippen molar-refractivity contribution >= 4 is 22.6 Å². The van der Waals surface area contributed by atoms with Crippen LogP contribution in [0.1, 0.15) is 40.5 Å². The number of hydrogen-bond acceptors (Lipinski definition) is 1. The van der Waals surface area contributed by atoms with Gasteiger partial charge in [-0.15, -0.1) is 0 Å². The average Bonchev–Trinajstić information content (AvgIpc) is 3.17. The smallest absolute Gasteiger partial charge is 0.246 e. The van der Waals surface area contributed by atoms with Crippen LogP contribution in [0.15, 0.2) is 60.7 Å². The van der Waals surface area contributed by atoms with Crippen molar-refractivity contribution in [3.63, 3.8) is 0 Å². The fourth-order valence-corrected chi connectivity index (χ4v) is 3.89. The van der Waals surface area contributed by atoms with Crippen molar-refractivity contribution in [1.29, 1.82) is 0 Å². The fraction of sp³-hybridized carbons (Fsp3) is 0.200. The van der Waals surface area contributed by atoms with Gasteiger partial charge in [-0.05, 0) is 28.7 Å². The van der Waals surface area contributed by atoms with Crippen LogP contribution in [0.4, 0.5) is 0 Å². The van der Waals surface area contributed by atoms with Gasteiger partial charge in [-0.25, -0.2) is 0 Å². The molecule has 0 aliphatic heterocycles. The molecule has 3 unspecified atom stereocenters. The summed E-state index contributed by atoms with van der Waals surface area (Å²) >= 11 is 0. The van der Waals surface area contributed by atoms with E-state index in [1.807, 2.05) is 0 Å². The summed E-state index contributed by atoms with van der Waals surface area (Å²) in [7, 11) is 3.32. The molecular weight excluding hydrogens is 284 g/mol. The van der Waals surface area contributed by atoms with Gasteiger partial charge in [0, 0.05) is 11.8 Å². The van der Waals surface area contributed by atoms with E-state index in [2.05, 4.69) is 83.3 Å². The molecule has 3 atom stereocenters. The van der Waals surface area contributed by atoms with E-state index in [0.717, 1.165) is 6.42 Å². The minimum Gasteiger partial charge on any atom is -0.415 e. The molecule has 2 heteroatoms. The fourth-order valence-electron chi connectivity index (χ4n) is 3.65. The van der Waals surface area contributed by atoms with E-state index < -0.39 is 0 Å². The Kier molecular flexibility index (Phi) is 3.57. The lowest BCUT2D eigenvalue weighted by molar-refractivity contribution is 0.189. The molecule has 0 aromatic heterocycles. The monoisotopic (exact) mass is 301 g/mol. The summed E-state index contributed by atoms with van der Waals surface area (Å²) in [6, 6.07) is 17.2. The molecule has 0 fully saturated rings. The summed E-state index contributed by atoms with van der Waals surface area (Å²) in [6.45, 7) is 0. The van der Waals surface area contributed by atoms with Crippen LogP contribution in [0, 0.1) is 0 Å². The first-order valence-electron chi connectivity index (χ1n) is 7.73. The molecule has 0 amide bonds. The summed E-state index contributed by atoms with van der Waals surface area (Å²) in [4.78, 5) is 0. The Balaban J connectivity index is 1.58. The molecule has 107 valence electrons. The molecule has 0 bridgehead atoms. The number of hydrogen-bond donors (Lipinski definition) is 0. The highest BCUT2D eigenvalue weighted by atomic mass is 28.2. The Labute approximate surface area is 134 Å². The Hall–Kier alpha value is -1.90. The summed E-state index contributed by atoms with van der Waals surface area (Å²) in [5.41, 5.74) is 5.42. The largest absolute Gasteiger partial charge is 0.415 e. The lowest BCUT2D eigenvalue weighted by atomic mass is 9.87. The first-order valence-corrected chi connectivity index (χ1v) is 8.14. The van der Waals surface area contributed by atoms with E-state index in [-0.39, 0.29) is 6.10 Å². The number of rotatable bonds is 4. The lowest BCUT2D eigenvalue weighted by Gasteiger charge is -2.25. The summed E-state index contributed by atoms with van der Waals surface area (Å²) in [5, 5.41) is 0. The molecule has 1 nitrogen and oxygen atoms in total. The van der Waals surface area contributed by atoms with Gasteiger partial charge < -0.3 is 4.43 Å². The molecule has 0 spiro atoms. The molecule has 22 heavy (non-hydrogen) atoms. The van der Waals surface area contributed by atoms with Gasteiger partial charge in [-0.3, -0.25) is 0 Å². The summed E-state index contributed by atoms with van der Waals surface area (Å²) < 4.78 is 5.69. The second kappa shape index (κ2) is 5.71. The SMILES string of the molecule is [Si]OC(CC1C=Cc2ccccc21)C1C=Cc2ccccc21. The van der Waals surface area contributed by atoms with Crippen LogP contribution in [0.3, 0.4) is 0 Å². The first kappa shape index (κ1) is 13.7. The Bertz CT molecular complexity index is 747. The molecule has 2 aliphatic rings. The van der Waals surface area contributed by atoms with Crippen LogP contribution < -0.4 is 0 Å². The quantitative estimate of drug-likeness (QED) is 0.757. The van der Waals surface area contributed by atoms with Crippen molar-refractivity contribution in [3.05, 3.63) is 82.9 Å². The molecule has 4 rings (SSSR count). The van der Waals surface area contributed by atoms with E-state index >= 15 is 0 Å². The van der Waals surface area contributed by atoms with E-state index in [1.54, 1.807) is 0 Å². The van der Waals surface area contributed by atoms with Gasteiger partial charge in [0.15, 0.2) is 0 Å². The topological polar surface area (TPSA) is 9.23 Å². The lowest BCUT2D eigenvalue weighted by Crippen LogP contribution is -2.21. The third kappa shape index (κ3) is 2.29. The van der Waals surface area contributed by atoms with Crippen LogP contribution in [-0.4, -0.2) is 16.6 Å². The Morgan fingerprint density at radius 2 is 1.50 bits per heavy atom. The Morgan fingerprint density at radius 3 is 2.27 bits per heavy atom. The molecular formula is C20H17OSi. The maximum absolute atomic E-state index is 5.69. The van der Waals surface area contributed by atoms with Crippen LogP contribution in [0.5, 0.6) is 0 Å². The molecule has 0 N–H and O–H groups in total. The second-order valence-electron chi connectivity index (χ2n) is 6.00. The van der Waals surface area contributed by atoms with Crippen LogP contribution >= 0.6 is 0 Å². The van der Waals surface area contributed by atoms with Gasteiger partial charge in [0.05, 0.1) is 6.10 Å². The van der Waals surface area contributed by atoms with Crippen LogP contribution in [-0.2, 0) is 4.43 Å². The van der Waals surface area contributed by atoms with E-state index in [9.17, 15) is 0 Å². The molecule has 0 heterocycles. The third-order valence-electron chi connectivity index (χ3n) is 4.78. The highest BCUT2D eigenvalue weighted by Gasteiger charge is 2.29. The normalized spacial score (nSPS) is 22.6. The van der Waals surface area contributed by atoms with Gasteiger partial charge >= 0.3 is 0 Å². The van der Waals surface area contributed by atoms with Crippen molar-refractivity contribution in [2.75, 3.05) is 0 Å². The van der Waals surface area contributed by atoms with Crippen molar-refractivity contribution in [3.8, 4) is 0 Å². The second-order valence-corrected chi connectivity index (χ2v) is 6.24. The van der Waals surface area contributed by atoms with Crippen molar-refractivity contribution in [2.24, 2.45) is 0 Å². The average molecular weight is 301 g/mol. The molecule has 0 saturated carbocycles. The van der Waals surface area contributed by atoms with Crippen LogP contribution in [0.25, 0.3) is 12.2 Å². The van der Waals surface area contributed by atoms with E-state index in [1.165, 1.54) is 22.3 Å². The van der Waals surface area contributed by atoms with E-state index in [4.69, 9.17) is 4.43 Å². The summed E-state index contributed by atoms with van der Waals surface area (Å²) in [6.07, 6.45) is 10.1. The number of allylic oxidation sites excluding steroid dienone is 1. The van der Waals surface area contributed by atoms with Gasteiger partial charge in [-0.1, -0.05) is 72.8 Å².